The molecule has 26 heavy (non-hydrogen) atoms. The van der Waals surface area contributed by atoms with Gasteiger partial charge in [0.15, 0.2) is 5.13 Å². The highest BCUT2D eigenvalue weighted by atomic mass is 35.5. The molecule has 0 spiro atoms. The number of halogens is 1. The van der Waals surface area contributed by atoms with Gasteiger partial charge in [0.25, 0.3) is 5.91 Å². The number of furan rings is 1. The van der Waals surface area contributed by atoms with E-state index in [9.17, 15) is 4.79 Å². The molecule has 3 aromatic heterocycles. The summed E-state index contributed by atoms with van der Waals surface area (Å²) >= 11 is 8.69. The van der Waals surface area contributed by atoms with Crippen molar-refractivity contribution in [3.63, 3.8) is 0 Å². The van der Waals surface area contributed by atoms with Crippen LogP contribution in [0.3, 0.4) is 0 Å². The molecule has 0 bridgehead atoms. The van der Waals surface area contributed by atoms with E-state index in [1.165, 1.54) is 22.7 Å². The van der Waals surface area contributed by atoms with E-state index in [1.807, 2.05) is 24.3 Å². The highest BCUT2D eigenvalue weighted by molar-refractivity contribution is 7.22. The Morgan fingerprint density at radius 2 is 2.15 bits per heavy atom. The van der Waals surface area contributed by atoms with E-state index in [2.05, 4.69) is 4.98 Å². The molecule has 4 aromatic rings. The topological polar surface area (TPSA) is 55.6 Å². The van der Waals surface area contributed by atoms with Gasteiger partial charge in [-0.05, 0) is 36.4 Å². The number of methoxy groups -OCH3 is 1. The molecule has 0 aliphatic rings. The molecule has 1 aromatic carbocycles. The van der Waals surface area contributed by atoms with E-state index < -0.39 is 0 Å². The summed E-state index contributed by atoms with van der Waals surface area (Å²) in [5.74, 6) is 1.24. The molecule has 1 amide bonds. The molecular weight excluding hydrogens is 392 g/mol. The zero-order valence-electron chi connectivity index (χ0n) is 13.6. The summed E-state index contributed by atoms with van der Waals surface area (Å²) in [4.78, 5) is 19.9. The highest BCUT2D eigenvalue weighted by Crippen LogP contribution is 2.34. The Hall–Kier alpha value is -2.35. The number of fused-ring (bicyclic) bond motifs is 1. The first-order chi connectivity index (χ1) is 12.6. The van der Waals surface area contributed by atoms with Gasteiger partial charge >= 0.3 is 0 Å². The van der Waals surface area contributed by atoms with Crippen molar-refractivity contribution in [2.24, 2.45) is 0 Å². The van der Waals surface area contributed by atoms with E-state index in [0.29, 0.717) is 20.1 Å². The number of rotatable bonds is 5. The van der Waals surface area contributed by atoms with Crippen LogP contribution in [0.15, 0.2) is 53.1 Å². The Bertz CT molecular complexity index is 1060. The number of carbonyl (C=O) groups excluding carboxylic acids is 1. The number of amides is 1. The fraction of sp³-hybridized carbons (Fsp3) is 0.111. The van der Waals surface area contributed by atoms with Crippen molar-refractivity contribution in [1.29, 1.82) is 0 Å². The average molecular weight is 405 g/mol. The molecule has 4 rings (SSSR count). The summed E-state index contributed by atoms with van der Waals surface area (Å²) in [7, 11) is 1.61. The zero-order valence-corrected chi connectivity index (χ0v) is 16.0. The van der Waals surface area contributed by atoms with Crippen LogP contribution in [-0.2, 0) is 6.54 Å². The van der Waals surface area contributed by atoms with Gasteiger partial charge in [-0.15, -0.1) is 11.3 Å². The molecule has 0 unspecified atom stereocenters. The standard InChI is InChI=1S/C18H13ClN2O3S2/c1-23-11-4-5-14-13(9-11)20-18(26-14)21(10-12-3-2-8-24-12)17(22)15-6-7-16(19)25-15/h2-9H,10H2,1H3. The highest BCUT2D eigenvalue weighted by Gasteiger charge is 2.24. The lowest BCUT2D eigenvalue weighted by atomic mass is 10.3. The monoisotopic (exact) mass is 404 g/mol. The smallest absolute Gasteiger partial charge is 0.270 e. The second-order valence-electron chi connectivity index (χ2n) is 5.40. The molecule has 0 saturated heterocycles. The second-order valence-corrected chi connectivity index (χ2v) is 8.13. The van der Waals surface area contributed by atoms with Crippen molar-refractivity contribution in [1.82, 2.24) is 4.98 Å². The summed E-state index contributed by atoms with van der Waals surface area (Å²) in [5.41, 5.74) is 0.783. The number of thiazole rings is 1. The normalized spacial score (nSPS) is 11.0. The Morgan fingerprint density at radius 1 is 1.27 bits per heavy atom. The van der Waals surface area contributed by atoms with Crippen molar-refractivity contribution < 1.29 is 13.9 Å². The Balaban J connectivity index is 1.75. The van der Waals surface area contributed by atoms with Gasteiger partial charge < -0.3 is 9.15 Å². The van der Waals surface area contributed by atoms with Crippen molar-refractivity contribution in [3.05, 3.63) is 63.7 Å². The molecular formula is C18H13ClN2O3S2. The van der Waals surface area contributed by atoms with Crippen LogP contribution in [0.5, 0.6) is 5.75 Å². The quantitative estimate of drug-likeness (QED) is 0.443. The lowest BCUT2D eigenvalue weighted by molar-refractivity contribution is 0.0987. The summed E-state index contributed by atoms with van der Waals surface area (Å²) in [6.45, 7) is 0.290. The minimum absolute atomic E-state index is 0.163. The third-order valence-corrected chi connectivity index (χ3v) is 6.02. The maximum absolute atomic E-state index is 13.1. The van der Waals surface area contributed by atoms with Gasteiger partial charge in [-0.2, -0.15) is 0 Å². The number of carbonyl (C=O) groups is 1. The van der Waals surface area contributed by atoms with Gasteiger partial charge in [-0.1, -0.05) is 22.9 Å². The van der Waals surface area contributed by atoms with Crippen molar-refractivity contribution in [3.8, 4) is 5.75 Å². The third-order valence-electron chi connectivity index (χ3n) is 3.74. The fourth-order valence-corrected chi connectivity index (χ4v) is 4.42. The molecule has 132 valence electrons. The number of hydrogen-bond donors (Lipinski definition) is 0. The average Bonchev–Trinajstić information content (AvgIpc) is 3.38. The lowest BCUT2D eigenvalue weighted by Crippen LogP contribution is -2.29. The molecule has 0 radical (unpaired) electrons. The Kier molecular flexibility index (Phi) is 4.67. The SMILES string of the molecule is COc1ccc2sc(N(Cc3ccco3)C(=O)c3ccc(Cl)s3)nc2c1. The van der Waals surface area contributed by atoms with Gasteiger partial charge in [0.1, 0.15) is 11.5 Å². The lowest BCUT2D eigenvalue weighted by Gasteiger charge is -2.17. The van der Waals surface area contributed by atoms with Gasteiger partial charge in [0.2, 0.25) is 0 Å². The first-order valence-corrected chi connectivity index (χ1v) is 9.69. The van der Waals surface area contributed by atoms with Crippen molar-refractivity contribution >= 4 is 55.5 Å². The summed E-state index contributed by atoms with van der Waals surface area (Å²) in [6, 6.07) is 12.7. The predicted octanol–water partition coefficient (Wildman–Crippen LogP) is 5.46. The molecule has 5 nitrogen and oxygen atoms in total. The second kappa shape index (κ2) is 7.11. The van der Waals surface area contributed by atoms with Crippen LogP contribution in [-0.4, -0.2) is 18.0 Å². The van der Waals surface area contributed by atoms with Crippen LogP contribution in [0.2, 0.25) is 4.34 Å². The number of nitrogens with zero attached hydrogens (tertiary/aromatic N) is 2. The maximum Gasteiger partial charge on any atom is 0.270 e. The Labute approximate surface area is 162 Å². The van der Waals surface area contributed by atoms with Gasteiger partial charge in [0.05, 0.1) is 39.3 Å². The molecule has 0 aliphatic heterocycles. The zero-order chi connectivity index (χ0) is 18.1. The third kappa shape index (κ3) is 3.33. The van der Waals surface area contributed by atoms with Crippen LogP contribution in [0, 0.1) is 0 Å². The van der Waals surface area contributed by atoms with Gasteiger partial charge in [-0.25, -0.2) is 4.98 Å². The van der Waals surface area contributed by atoms with Gasteiger partial charge in [-0.3, -0.25) is 9.69 Å². The molecule has 8 heteroatoms. The summed E-state index contributed by atoms with van der Waals surface area (Å²) < 4.78 is 12.2. The largest absolute Gasteiger partial charge is 0.497 e. The number of benzene rings is 1. The maximum atomic E-state index is 13.1. The molecule has 0 fully saturated rings. The molecule has 0 saturated carbocycles. The van der Waals surface area contributed by atoms with E-state index in [1.54, 1.807) is 36.5 Å². The minimum Gasteiger partial charge on any atom is -0.497 e. The van der Waals surface area contributed by atoms with Crippen LogP contribution < -0.4 is 9.64 Å². The van der Waals surface area contributed by atoms with Crippen molar-refractivity contribution in [2.45, 2.75) is 6.54 Å². The molecule has 0 atom stereocenters. The molecule has 0 aliphatic carbocycles. The summed E-state index contributed by atoms with van der Waals surface area (Å²) in [6.07, 6.45) is 1.59. The predicted molar refractivity (Wildman–Crippen MR) is 105 cm³/mol. The van der Waals surface area contributed by atoms with E-state index in [0.717, 1.165) is 16.0 Å². The van der Waals surface area contributed by atoms with Crippen LogP contribution >= 0.6 is 34.3 Å². The summed E-state index contributed by atoms with van der Waals surface area (Å²) in [5, 5.41) is 0.596. The number of aromatic nitrogens is 1. The molecule has 0 N–H and O–H groups in total. The van der Waals surface area contributed by atoms with E-state index >= 15 is 0 Å². The number of hydrogen-bond acceptors (Lipinski definition) is 6. The first kappa shape index (κ1) is 17.1. The van der Waals surface area contributed by atoms with E-state index in [4.69, 9.17) is 20.8 Å². The number of thiophene rings is 1. The fourth-order valence-electron chi connectivity index (χ4n) is 2.48. The van der Waals surface area contributed by atoms with E-state index in [-0.39, 0.29) is 12.5 Å². The number of ether oxygens (including phenoxy) is 1. The Morgan fingerprint density at radius 3 is 2.85 bits per heavy atom. The number of anilines is 1. The van der Waals surface area contributed by atoms with Gasteiger partial charge in [0, 0.05) is 6.07 Å². The first-order valence-electron chi connectivity index (χ1n) is 7.68. The van der Waals surface area contributed by atoms with Crippen LogP contribution in [0.25, 0.3) is 10.2 Å². The van der Waals surface area contributed by atoms with Crippen molar-refractivity contribution in [2.75, 3.05) is 12.0 Å². The van der Waals surface area contributed by atoms with Crippen LogP contribution in [0.1, 0.15) is 15.4 Å². The van der Waals surface area contributed by atoms with Crippen LogP contribution in [0.4, 0.5) is 5.13 Å². The minimum atomic E-state index is -0.163. The molecule has 3 heterocycles.